The Hall–Kier alpha value is -1.42. The fourth-order valence-electron chi connectivity index (χ4n) is 1.56. The van der Waals surface area contributed by atoms with E-state index in [4.69, 9.17) is 5.11 Å². The third-order valence-corrected chi connectivity index (χ3v) is 2.67. The fraction of sp³-hybridized carbons (Fsp3) is 0.462. The van der Waals surface area contributed by atoms with Gasteiger partial charge in [0.1, 0.15) is 5.82 Å². The molecule has 1 unspecified atom stereocenters. The van der Waals surface area contributed by atoms with Gasteiger partial charge in [-0.05, 0) is 36.6 Å². The number of aliphatic hydroxyl groups excluding tert-OH is 1. The van der Waals surface area contributed by atoms with Crippen LogP contribution in [0.4, 0.5) is 4.39 Å². The predicted octanol–water partition coefficient (Wildman–Crippen LogP) is 1.96. The molecule has 0 bridgehead atoms. The molecule has 17 heavy (non-hydrogen) atoms. The summed E-state index contributed by atoms with van der Waals surface area (Å²) >= 11 is 0. The number of nitrogens with one attached hydrogen (secondary N) is 1. The van der Waals surface area contributed by atoms with Gasteiger partial charge in [0.25, 0.3) is 5.91 Å². The van der Waals surface area contributed by atoms with E-state index in [0.29, 0.717) is 12.0 Å². The highest BCUT2D eigenvalue weighted by molar-refractivity contribution is 5.94. The molecule has 1 aromatic rings. The summed E-state index contributed by atoms with van der Waals surface area (Å²) in [5.41, 5.74) is 0.426. The number of halogens is 1. The SMILES string of the molecule is CC(C)C(CCO)NC(=O)c1ccc(F)cc1. The van der Waals surface area contributed by atoms with Gasteiger partial charge in [0.05, 0.1) is 0 Å². The maximum absolute atomic E-state index is 12.7. The van der Waals surface area contributed by atoms with E-state index in [1.54, 1.807) is 0 Å². The Bertz CT molecular complexity index is 362. The van der Waals surface area contributed by atoms with Gasteiger partial charge >= 0.3 is 0 Å². The third kappa shape index (κ3) is 4.15. The highest BCUT2D eigenvalue weighted by Gasteiger charge is 2.16. The summed E-state index contributed by atoms with van der Waals surface area (Å²) in [5.74, 6) is -0.360. The molecule has 1 aromatic carbocycles. The van der Waals surface area contributed by atoms with Gasteiger partial charge < -0.3 is 10.4 Å². The van der Waals surface area contributed by atoms with Gasteiger partial charge in [0, 0.05) is 18.2 Å². The Balaban J connectivity index is 2.66. The summed E-state index contributed by atoms with van der Waals surface area (Å²) in [5, 5.41) is 11.7. The standard InChI is InChI=1S/C13H18FNO2/c1-9(2)12(7-8-16)15-13(17)10-3-5-11(14)6-4-10/h3-6,9,12,16H,7-8H2,1-2H3,(H,15,17). The number of hydrogen-bond donors (Lipinski definition) is 2. The first-order valence-electron chi connectivity index (χ1n) is 5.72. The molecule has 0 heterocycles. The van der Waals surface area contributed by atoms with Crippen LogP contribution in [0.1, 0.15) is 30.6 Å². The van der Waals surface area contributed by atoms with E-state index in [9.17, 15) is 9.18 Å². The first-order valence-corrected chi connectivity index (χ1v) is 5.72. The van der Waals surface area contributed by atoms with Crippen LogP contribution in [0.2, 0.25) is 0 Å². The zero-order chi connectivity index (χ0) is 12.8. The molecule has 0 saturated carbocycles. The van der Waals surface area contributed by atoms with Crippen LogP contribution < -0.4 is 5.32 Å². The average Bonchev–Trinajstić information content (AvgIpc) is 2.29. The van der Waals surface area contributed by atoms with E-state index in [0.717, 1.165) is 0 Å². The van der Waals surface area contributed by atoms with E-state index < -0.39 is 0 Å². The normalized spacial score (nSPS) is 12.5. The van der Waals surface area contributed by atoms with Crippen molar-refractivity contribution in [1.29, 1.82) is 0 Å². The fourth-order valence-corrected chi connectivity index (χ4v) is 1.56. The first-order chi connectivity index (χ1) is 8.04. The van der Waals surface area contributed by atoms with Crippen LogP contribution >= 0.6 is 0 Å². The number of benzene rings is 1. The molecule has 0 aliphatic carbocycles. The van der Waals surface area contributed by atoms with Crippen LogP contribution in [0.25, 0.3) is 0 Å². The van der Waals surface area contributed by atoms with Crippen LogP contribution in [0.15, 0.2) is 24.3 Å². The lowest BCUT2D eigenvalue weighted by Crippen LogP contribution is -2.39. The molecule has 0 aromatic heterocycles. The summed E-state index contributed by atoms with van der Waals surface area (Å²) in [6, 6.07) is 5.33. The minimum Gasteiger partial charge on any atom is -0.396 e. The van der Waals surface area contributed by atoms with Crippen LogP contribution in [0.3, 0.4) is 0 Å². The Morgan fingerprint density at radius 3 is 2.41 bits per heavy atom. The van der Waals surface area contributed by atoms with Gasteiger partial charge in [-0.3, -0.25) is 4.79 Å². The van der Waals surface area contributed by atoms with Crippen LogP contribution in [0.5, 0.6) is 0 Å². The molecular formula is C13H18FNO2. The molecule has 1 rings (SSSR count). The highest BCUT2D eigenvalue weighted by Crippen LogP contribution is 2.08. The largest absolute Gasteiger partial charge is 0.396 e. The molecule has 3 nitrogen and oxygen atoms in total. The monoisotopic (exact) mass is 239 g/mol. The smallest absolute Gasteiger partial charge is 0.251 e. The zero-order valence-corrected chi connectivity index (χ0v) is 10.1. The molecule has 2 N–H and O–H groups in total. The van der Waals surface area contributed by atoms with Gasteiger partial charge in [0.15, 0.2) is 0 Å². The molecule has 0 aliphatic rings. The van der Waals surface area contributed by atoms with Gasteiger partial charge in [-0.15, -0.1) is 0 Å². The van der Waals surface area contributed by atoms with Crippen molar-refractivity contribution in [3.05, 3.63) is 35.6 Å². The lowest BCUT2D eigenvalue weighted by atomic mass is 10.0. The Kier molecular flexibility index (Phi) is 5.10. The van der Waals surface area contributed by atoms with Crippen molar-refractivity contribution < 1.29 is 14.3 Å². The van der Waals surface area contributed by atoms with Gasteiger partial charge in [-0.1, -0.05) is 13.8 Å². The molecule has 0 aliphatic heterocycles. The third-order valence-electron chi connectivity index (χ3n) is 2.67. The Labute approximate surface area is 101 Å². The molecule has 4 heteroatoms. The van der Waals surface area contributed by atoms with Crippen LogP contribution in [-0.2, 0) is 0 Å². The number of carbonyl (C=O) groups is 1. The van der Waals surface area contributed by atoms with Crippen molar-refractivity contribution >= 4 is 5.91 Å². The lowest BCUT2D eigenvalue weighted by molar-refractivity contribution is 0.0916. The van der Waals surface area contributed by atoms with Gasteiger partial charge in [-0.25, -0.2) is 4.39 Å². The maximum atomic E-state index is 12.7. The molecule has 1 atom stereocenters. The van der Waals surface area contributed by atoms with E-state index in [2.05, 4.69) is 5.32 Å². The van der Waals surface area contributed by atoms with Crippen molar-refractivity contribution in [3.8, 4) is 0 Å². The minimum absolute atomic E-state index is 0.0343. The molecule has 94 valence electrons. The summed E-state index contributed by atoms with van der Waals surface area (Å²) < 4.78 is 12.7. The number of carbonyl (C=O) groups excluding carboxylic acids is 1. The molecule has 0 spiro atoms. The van der Waals surface area contributed by atoms with Gasteiger partial charge in [0.2, 0.25) is 0 Å². The summed E-state index contributed by atoms with van der Waals surface area (Å²) in [6.45, 7) is 3.99. The molecule has 0 fully saturated rings. The highest BCUT2D eigenvalue weighted by atomic mass is 19.1. The second-order valence-corrected chi connectivity index (χ2v) is 4.34. The van der Waals surface area contributed by atoms with Crippen molar-refractivity contribution in [1.82, 2.24) is 5.32 Å². The second-order valence-electron chi connectivity index (χ2n) is 4.34. The van der Waals surface area contributed by atoms with E-state index >= 15 is 0 Å². The molecule has 1 amide bonds. The first kappa shape index (κ1) is 13.6. The van der Waals surface area contributed by atoms with Crippen LogP contribution in [0, 0.1) is 11.7 Å². The quantitative estimate of drug-likeness (QED) is 0.825. The Morgan fingerprint density at radius 1 is 1.35 bits per heavy atom. The van der Waals surface area contributed by atoms with Crippen molar-refractivity contribution in [2.24, 2.45) is 5.92 Å². The van der Waals surface area contributed by atoms with E-state index in [1.807, 2.05) is 13.8 Å². The summed E-state index contributed by atoms with van der Waals surface area (Å²) in [7, 11) is 0. The Morgan fingerprint density at radius 2 is 1.94 bits per heavy atom. The maximum Gasteiger partial charge on any atom is 0.251 e. The molecule has 0 radical (unpaired) electrons. The van der Waals surface area contributed by atoms with Gasteiger partial charge in [-0.2, -0.15) is 0 Å². The topological polar surface area (TPSA) is 49.3 Å². The predicted molar refractivity (Wildman–Crippen MR) is 64.2 cm³/mol. The molecule has 0 saturated heterocycles. The number of rotatable bonds is 5. The second kappa shape index (κ2) is 6.35. The zero-order valence-electron chi connectivity index (χ0n) is 10.1. The van der Waals surface area contributed by atoms with E-state index in [-0.39, 0.29) is 30.3 Å². The number of amides is 1. The van der Waals surface area contributed by atoms with Crippen molar-refractivity contribution in [2.45, 2.75) is 26.3 Å². The molecular weight excluding hydrogens is 221 g/mol. The minimum atomic E-state index is -0.364. The summed E-state index contributed by atoms with van der Waals surface area (Å²) in [6.07, 6.45) is 0.518. The average molecular weight is 239 g/mol. The van der Waals surface area contributed by atoms with Crippen LogP contribution in [-0.4, -0.2) is 23.7 Å². The summed E-state index contributed by atoms with van der Waals surface area (Å²) in [4.78, 5) is 11.8. The van der Waals surface area contributed by atoms with Crippen molar-refractivity contribution in [3.63, 3.8) is 0 Å². The van der Waals surface area contributed by atoms with E-state index in [1.165, 1.54) is 24.3 Å². The van der Waals surface area contributed by atoms with Crippen molar-refractivity contribution in [2.75, 3.05) is 6.61 Å². The number of aliphatic hydroxyl groups is 1. The number of hydrogen-bond acceptors (Lipinski definition) is 2. The lowest BCUT2D eigenvalue weighted by Gasteiger charge is -2.21.